The summed E-state index contributed by atoms with van der Waals surface area (Å²) >= 11 is 0. The minimum absolute atomic E-state index is 0.116. The smallest absolute Gasteiger partial charge is 0.259 e. The molecular weight excluding hydrogens is 466 g/mol. The maximum absolute atomic E-state index is 13.6. The van der Waals surface area contributed by atoms with Gasteiger partial charge in [-0.25, -0.2) is 4.98 Å². The van der Waals surface area contributed by atoms with E-state index in [2.05, 4.69) is 16.8 Å². The van der Waals surface area contributed by atoms with Crippen LogP contribution in [0.2, 0.25) is 0 Å². The van der Waals surface area contributed by atoms with Crippen molar-refractivity contribution in [1.29, 1.82) is 0 Å². The van der Waals surface area contributed by atoms with Crippen LogP contribution in [0.15, 0.2) is 72.9 Å². The molecule has 0 unspecified atom stereocenters. The Hall–Kier alpha value is -4.15. The topological polar surface area (TPSA) is 83.0 Å². The fraction of sp³-hybridized carbons (Fsp3) is 0.300. The molecule has 1 N–H and O–H groups in total. The number of pyridine rings is 1. The molecule has 0 fully saturated rings. The fourth-order valence-corrected chi connectivity index (χ4v) is 4.21. The summed E-state index contributed by atoms with van der Waals surface area (Å²) in [5.74, 6) is 5.84. The van der Waals surface area contributed by atoms with Crippen LogP contribution in [0.5, 0.6) is 5.88 Å². The van der Waals surface area contributed by atoms with Crippen LogP contribution < -0.4 is 4.74 Å². The standard InChI is InChI=1S/C30H31N3O4/c1-21-18-33(22(2)20-34)30(36)26-16-24(15-14-23-10-6-4-7-11-23)17-31-28(26)37-27(21)19-32(3)29(35)25-12-8-5-9-13-25/h4-13,16-17,21-22,27,34H,18-20H2,1-3H3/t21-,22+,27+/m1/s1. The quantitative estimate of drug-likeness (QED) is 0.546. The minimum atomic E-state index is -0.424. The number of fused-ring (bicyclic) bond motifs is 1. The highest BCUT2D eigenvalue weighted by Gasteiger charge is 2.34. The zero-order valence-electron chi connectivity index (χ0n) is 21.3. The van der Waals surface area contributed by atoms with Crippen molar-refractivity contribution in [2.24, 2.45) is 5.92 Å². The molecule has 1 aromatic heterocycles. The number of hydrogen-bond acceptors (Lipinski definition) is 5. The Kier molecular flexibility index (Phi) is 8.22. The zero-order valence-corrected chi connectivity index (χ0v) is 21.3. The summed E-state index contributed by atoms with van der Waals surface area (Å²) < 4.78 is 6.29. The number of hydrogen-bond donors (Lipinski definition) is 1. The number of ether oxygens (including phenoxy) is 1. The lowest BCUT2D eigenvalue weighted by atomic mass is 9.99. The van der Waals surface area contributed by atoms with Crippen LogP contribution in [-0.2, 0) is 0 Å². The van der Waals surface area contributed by atoms with Gasteiger partial charge in [0, 0.05) is 42.4 Å². The van der Waals surface area contributed by atoms with Gasteiger partial charge >= 0.3 is 0 Å². The number of rotatable bonds is 5. The van der Waals surface area contributed by atoms with E-state index in [1.807, 2.05) is 55.5 Å². The van der Waals surface area contributed by atoms with Crippen LogP contribution in [0.4, 0.5) is 0 Å². The molecule has 0 spiro atoms. The summed E-state index contributed by atoms with van der Waals surface area (Å²) in [7, 11) is 1.74. The average Bonchev–Trinajstić information content (AvgIpc) is 2.94. The predicted octanol–water partition coefficient (Wildman–Crippen LogP) is 3.47. The van der Waals surface area contributed by atoms with Crippen LogP contribution in [-0.4, -0.2) is 70.6 Å². The Bertz CT molecular complexity index is 1300. The number of nitrogens with zero attached hydrogens (tertiary/aromatic N) is 3. The molecular formula is C30H31N3O4. The molecule has 7 nitrogen and oxygen atoms in total. The number of carbonyl (C=O) groups excluding carboxylic acids is 2. The van der Waals surface area contributed by atoms with Gasteiger partial charge in [0.05, 0.1) is 19.2 Å². The molecule has 0 saturated carbocycles. The Balaban J connectivity index is 1.65. The molecule has 190 valence electrons. The van der Waals surface area contributed by atoms with Gasteiger partial charge in [-0.1, -0.05) is 55.2 Å². The van der Waals surface area contributed by atoms with Gasteiger partial charge in [-0.3, -0.25) is 9.59 Å². The van der Waals surface area contributed by atoms with Gasteiger partial charge in [-0.15, -0.1) is 0 Å². The zero-order chi connectivity index (χ0) is 26.4. The number of likely N-dealkylation sites (N-methyl/N-ethyl adjacent to an activating group) is 1. The average molecular weight is 498 g/mol. The number of aliphatic hydroxyl groups is 1. The molecule has 0 saturated heterocycles. The molecule has 0 radical (unpaired) electrons. The largest absolute Gasteiger partial charge is 0.472 e. The molecule has 3 atom stereocenters. The fourth-order valence-electron chi connectivity index (χ4n) is 4.21. The van der Waals surface area contributed by atoms with Gasteiger partial charge in [-0.05, 0) is 37.3 Å². The van der Waals surface area contributed by atoms with Gasteiger partial charge in [0.1, 0.15) is 11.7 Å². The molecule has 7 heteroatoms. The second-order valence-electron chi connectivity index (χ2n) is 9.37. The predicted molar refractivity (Wildman–Crippen MR) is 141 cm³/mol. The summed E-state index contributed by atoms with van der Waals surface area (Å²) in [5, 5.41) is 9.86. The van der Waals surface area contributed by atoms with E-state index in [1.54, 1.807) is 48.2 Å². The van der Waals surface area contributed by atoms with Crippen molar-refractivity contribution in [2.45, 2.75) is 26.0 Å². The SMILES string of the molecule is C[C@@H]1CN([C@@H](C)CO)C(=O)c2cc(C#Cc3ccccc3)cnc2O[C@H]1CN(C)C(=O)c1ccccc1. The van der Waals surface area contributed by atoms with Gasteiger partial charge < -0.3 is 19.6 Å². The lowest BCUT2D eigenvalue weighted by Gasteiger charge is -2.37. The Morgan fingerprint density at radius 2 is 1.78 bits per heavy atom. The van der Waals surface area contributed by atoms with Crippen molar-refractivity contribution in [2.75, 3.05) is 26.7 Å². The van der Waals surface area contributed by atoms with Gasteiger partial charge in [0.15, 0.2) is 0 Å². The van der Waals surface area contributed by atoms with Crippen LogP contribution >= 0.6 is 0 Å². The molecule has 0 aliphatic carbocycles. The molecule has 1 aliphatic rings. The highest BCUT2D eigenvalue weighted by atomic mass is 16.5. The molecule has 4 rings (SSSR count). The number of benzene rings is 2. The third kappa shape index (κ3) is 6.16. The second-order valence-corrected chi connectivity index (χ2v) is 9.37. The van der Waals surface area contributed by atoms with Gasteiger partial charge in [0.25, 0.3) is 11.8 Å². The summed E-state index contributed by atoms with van der Waals surface area (Å²) in [6, 6.07) is 19.9. The first-order chi connectivity index (χ1) is 17.9. The van der Waals surface area contributed by atoms with E-state index >= 15 is 0 Å². The third-order valence-electron chi connectivity index (χ3n) is 6.47. The molecule has 1 aliphatic heterocycles. The van der Waals surface area contributed by atoms with Crippen LogP contribution in [0, 0.1) is 17.8 Å². The third-order valence-corrected chi connectivity index (χ3v) is 6.47. The molecule has 3 aromatic rings. The van der Waals surface area contributed by atoms with E-state index < -0.39 is 12.1 Å². The number of aromatic nitrogens is 1. The Morgan fingerprint density at radius 1 is 1.14 bits per heavy atom. The van der Waals surface area contributed by atoms with Crippen molar-refractivity contribution >= 4 is 11.8 Å². The van der Waals surface area contributed by atoms with E-state index in [9.17, 15) is 14.7 Å². The first-order valence-corrected chi connectivity index (χ1v) is 12.3. The monoisotopic (exact) mass is 497 g/mol. The lowest BCUT2D eigenvalue weighted by Crippen LogP contribution is -2.50. The van der Waals surface area contributed by atoms with Crippen molar-refractivity contribution in [3.63, 3.8) is 0 Å². The highest BCUT2D eigenvalue weighted by Crippen LogP contribution is 2.27. The summed E-state index contributed by atoms with van der Waals surface area (Å²) in [6.45, 7) is 4.27. The summed E-state index contributed by atoms with van der Waals surface area (Å²) in [5.41, 5.74) is 2.31. The Labute approximate surface area is 217 Å². The summed E-state index contributed by atoms with van der Waals surface area (Å²) in [6.07, 6.45) is 1.16. The van der Waals surface area contributed by atoms with E-state index in [0.717, 1.165) is 5.56 Å². The first-order valence-electron chi connectivity index (χ1n) is 12.3. The highest BCUT2D eigenvalue weighted by molar-refractivity contribution is 5.97. The molecule has 0 bridgehead atoms. The Morgan fingerprint density at radius 3 is 2.46 bits per heavy atom. The van der Waals surface area contributed by atoms with Crippen LogP contribution in [0.3, 0.4) is 0 Å². The van der Waals surface area contributed by atoms with Crippen molar-refractivity contribution in [3.8, 4) is 17.7 Å². The minimum Gasteiger partial charge on any atom is -0.472 e. The maximum atomic E-state index is 13.6. The van der Waals surface area contributed by atoms with Gasteiger partial charge in [-0.2, -0.15) is 0 Å². The molecule has 2 heterocycles. The van der Waals surface area contributed by atoms with E-state index in [0.29, 0.717) is 24.2 Å². The lowest BCUT2D eigenvalue weighted by molar-refractivity contribution is 0.0313. The molecule has 37 heavy (non-hydrogen) atoms. The normalized spacial score (nSPS) is 17.8. The summed E-state index contributed by atoms with van der Waals surface area (Å²) in [4.78, 5) is 34.3. The van der Waals surface area contributed by atoms with Crippen LogP contribution in [0.25, 0.3) is 0 Å². The molecule has 2 aromatic carbocycles. The maximum Gasteiger partial charge on any atom is 0.259 e. The van der Waals surface area contributed by atoms with Crippen molar-refractivity contribution in [3.05, 3.63) is 95.2 Å². The first kappa shape index (κ1) is 25.9. The van der Waals surface area contributed by atoms with E-state index in [4.69, 9.17) is 4.74 Å². The van der Waals surface area contributed by atoms with Crippen LogP contribution in [0.1, 0.15) is 45.7 Å². The van der Waals surface area contributed by atoms with Crippen molar-refractivity contribution < 1.29 is 19.4 Å². The van der Waals surface area contributed by atoms with E-state index in [1.165, 1.54) is 0 Å². The number of carbonyl (C=O) groups is 2. The van der Waals surface area contributed by atoms with E-state index in [-0.39, 0.29) is 35.8 Å². The number of amides is 2. The number of aliphatic hydroxyl groups excluding tert-OH is 1. The molecule has 2 amide bonds. The van der Waals surface area contributed by atoms with Gasteiger partial charge in [0.2, 0.25) is 5.88 Å². The second kappa shape index (κ2) is 11.7. The van der Waals surface area contributed by atoms with Crippen molar-refractivity contribution in [1.82, 2.24) is 14.8 Å².